The molecule has 1 aromatic heterocycles. The number of aryl methyl sites for hydroxylation is 1. The normalized spacial score (nSPS) is 23.2. The molecule has 2 fully saturated rings. The molecule has 2 saturated heterocycles. The fraction of sp³-hybridized carbons (Fsp3) is 0.435. The highest BCUT2D eigenvalue weighted by molar-refractivity contribution is 6.35. The van der Waals surface area contributed by atoms with Gasteiger partial charge in [0.15, 0.2) is 5.78 Å². The molecule has 1 N–H and O–H groups in total. The van der Waals surface area contributed by atoms with Gasteiger partial charge in [0.05, 0.1) is 12.6 Å². The van der Waals surface area contributed by atoms with Gasteiger partial charge in [-0.1, -0.05) is 29.3 Å². The maximum Gasteiger partial charge on any atom is 0.325 e. The van der Waals surface area contributed by atoms with E-state index in [1.165, 1.54) is 6.07 Å². The van der Waals surface area contributed by atoms with Crippen LogP contribution in [0.25, 0.3) is 0 Å². The van der Waals surface area contributed by atoms with E-state index in [0.29, 0.717) is 22.7 Å². The number of aromatic nitrogens is 1. The zero-order valence-electron chi connectivity index (χ0n) is 18.2. The molecule has 1 aromatic carbocycles. The Balaban J connectivity index is 1.55. The summed E-state index contributed by atoms with van der Waals surface area (Å²) in [7, 11) is 0. The lowest BCUT2D eigenvalue weighted by atomic mass is 9.92. The fourth-order valence-corrected chi connectivity index (χ4v) is 5.10. The molecule has 2 aliphatic heterocycles. The predicted molar refractivity (Wildman–Crippen MR) is 121 cm³/mol. The second kappa shape index (κ2) is 8.54. The summed E-state index contributed by atoms with van der Waals surface area (Å²) < 4.78 is 7.79. The minimum atomic E-state index is -1.38. The number of amides is 3. The van der Waals surface area contributed by atoms with Crippen molar-refractivity contribution in [3.05, 3.63) is 56.8 Å². The van der Waals surface area contributed by atoms with Crippen LogP contribution in [0.5, 0.6) is 0 Å². The van der Waals surface area contributed by atoms with Gasteiger partial charge in [0.1, 0.15) is 5.54 Å². The highest BCUT2D eigenvalue weighted by Gasteiger charge is 2.50. The number of Topliss-reactive ketones (excluding diaryl/α,β-unsaturated/α-hetero) is 1. The minimum absolute atomic E-state index is 0.138. The molecule has 7 nitrogen and oxygen atoms in total. The summed E-state index contributed by atoms with van der Waals surface area (Å²) in [6.07, 6.45) is 2.17. The van der Waals surface area contributed by atoms with Crippen molar-refractivity contribution in [2.24, 2.45) is 0 Å². The van der Waals surface area contributed by atoms with Gasteiger partial charge < -0.3 is 14.6 Å². The number of ether oxygens (including phenoxy) is 1. The molecule has 3 heterocycles. The number of rotatable bonds is 6. The van der Waals surface area contributed by atoms with Crippen LogP contribution in [-0.4, -0.2) is 46.4 Å². The van der Waals surface area contributed by atoms with Gasteiger partial charge in [0.2, 0.25) is 0 Å². The van der Waals surface area contributed by atoms with E-state index in [-0.39, 0.29) is 23.5 Å². The van der Waals surface area contributed by atoms with Crippen LogP contribution in [0.2, 0.25) is 10.0 Å². The van der Waals surface area contributed by atoms with E-state index in [4.69, 9.17) is 27.9 Å². The second-order valence-electron chi connectivity index (χ2n) is 8.52. The van der Waals surface area contributed by atoms with Crippen LogP contribution >= 0.6 is 23.2 Å². The first-order valence-corrected chi connectivity index (χ1v) is 11.3. The molecule has 2 aromatic rings. The zero-order valence-corrected chi connectivity index (χ0v) is 19.7. The molecule has 0 saturated carbocycles. The average Bonchev–Trinajstić information content (AvgIpc) is 3.39. The summed E-state index contributed by atoms with van der Waals surface area (Å²) in [6.45, 7) is 6.47. The van der Waals surface area contributed by atoms with E-state index in [1.807, 2.05) is 13.8 Å². The van der Waals surface area contributed by atoms with Gasteiger partial charge in [-0.05, 0) is 51.8 Å². The molecular weight excluding hydrogens is 453 g/mol. The van der Waals surface area contributed by atoms with E-state index in [0.717, 1.165) is 35.7 Å². The first-order chi connectivity index (χ1) is 15.1. The predicted octanol–water partition coefficient (Wildman–Crippen LogP) is 4.24. The summed E-state index contributed by atoms with van der Waals surface area (Å²) >= 11 is 12.2. The van der Waals surface area contributed by atoms with E-state index >= 15 is 0 Å². The third-order valence-electron chi connectivity index (χ3n) is 6.33. The summed E-state index contributed by atoms with van der Waals surface area (Å²) in [5.41, 5.74) is 1.29. The van der Waals surface area contributed by atoms with Crippen molar-refractivity contribution in [1.82, 2.24) is 14.8 Å². The van der Waals surface area contributed by atoms with E-state index in [2.05, 4.69) is 9.88 Å². The van der Waals surface area contributed by atoms with E-state index in [9.17, 15) is 14.4 Å². The molecule has 2 aliphatic rings. The van der Waals surface area contributed by atoms with Gasteiger partial charge in [-0.2, -0.15) is 0 Å². The van der Waals surface area contributed by atoms with Crippen LogP contribution in [0, 0.1) is 13.8 Å². The van der Waals surface area contributed by atoms with Crippen LogP contribution in [-0.2, 0) is 21.6 Å². The SMILES string of the molecule is Cc1cc(C(=O)CN2C(=O)N[C@@](C)(c3ccc(Cl)cc3Cl)C2=O)c(C)n1C[C@H]1CCCO1. The lowest BCUT2D eigenvalue weighted by Gasteiger charge is -2.23. The van der Waals surface area contributed by atoms with Gasteiger partial charge in [0.25, 0.3) is 5.91 Å². The second-order valence-corrected chi connectivity index (χ2v) is 9.37. The minimum Gasteiger partial charge on any atom is -0.376 e. The number of halogens is 2. The molecule has 0 unspecified atom stereocenters. The van der Waals surface area contributed by atoms with Gasteiger partial charge in [0, 0.05) is 45.7 Å². The highest BCUT2D eigenvalue weighted by Crippen LogP contribution is 2.35. The highest BCUT2D eigenvalue weighted by atomic mass is 35.5. The third-order valence-corrected chi connectivity index (χ3v) is 6.88. The Morgan fingerprint density at radius 3 is 2.66 bits per heavy atom. The van der Waals surface area contributed by atoms with Crippen LogP contribution in [0.3, 0.4) is 0 Å². The number of urea groups is 1. The lowest BCUT2D eigenvalue weighted by molar-refractivity contribution is -0.130. The van der Waals surface area contributed by atoms with Gasteiger partial charge in [-0.3, -0.25) is 14.5 Å². The number of imide groups is 1. The molecule has 3 amide bonds. The van der Waals surface area contributed by atoms with Crippen LogP contribution in [0.4, 0.5) is 4.79 Å². The Hall–Kier alpha value is -2.35. The number of hydrogen-bond acceptors (Lipinski definition) is 4. The van der Waals surface area contributed by atoms with E-state index in [1.54, 1.807) is 25.1 Å². The fourth-order valence-electron chi connectivity index (χ4n) is 4.50. The molecule has 32 heavy (non-hydrogen) atoms. The standard InChI is InChI=1S/C23H25Cl2N3O4/c1-13-9-17(14(2)27(13)11-16-5-4-8-32-16)20(29)12-28-21(30)23(3,26-22(28)31)18-7-6-15(24)10-19(18)25/h6-7,9-10,16H,4-5,8,11-12H2,1-3H3,(H,26,31)/t16-,23+/m1/s1. The van der Waals surface area contributed by atoms with Crippen molar-refractivity contribution in [2.45, 2.75) is 51.8 Å². The first-order valence-electron chi connectivity index (χ1n) is 10.5. The largest absolute Gasteiger partial charge is 0.376 e. The van der Waals surface area contributed by atoms with Crippen molar-refractivity contribution in [1.29, 1.82) is 0 Å². The van der Waals surface area contributed by atoms with Crippen molar-refractivity contribution >= 4 is 40.9 Å². The molecule has 0 bridgehead atoms. The van der Waals surface area contributed by atoms with Crippen molar-refractivity contribution in [2.75, 3.05) is 13.2 Å². The molecule has 9 heteroatoms. The number of nitrogens with zero attached hydrogens (tertiary/aromatic N) is 2. The Morgan fingerprint density at radius 2 is 2.00 bits per heavy atom. The zero-order chi connectivity index (χ0) is 23.2. The molecular formula is C23H25Cl2N3O4. The smallest absolute Gasteiger partial charge is 0.325 e. The number of carbonyl (C=O) groups excluding carboxylic acids is 3. The summed E-state index contributed by atoms with van der Waals surface area (Å²) in [5.74, 6) is -0.833. The number of nitrogens with one attached hydrogen (secondary N) is 1. The van der Waals surface area contributed by atoms with Crippen molar-refractivity contribution in [3.8, 4) is 0 Å². The number of benzene rings is 1. The number of ketones is 1. The molecule has 170 valence electrons. The molecule has 0 radical (unpaired) electrons. The summed E-state index contributed by atoms with van der Waals surface area (Å²) in [4.78, 5) is 39.9. The van der Waals surface area contributed by atoms with Gasteiger partial charge in [-0.25, -0.2) is 4.79 Å². The summed E-state index contributed by atoms with van der Waals surface area (Å²) in [5, 5.41) is 3.36. The molecule has 0 spiro atoms. The first kappa shape index (κ1) is 22.8. The molecule has 2 atom stereocenters. The average molecular weight is 478 g/mol. The van der Waals surface area contributed by atoms with Gasteiger partial charge >= 0.3 is 6.03 Å². The monoisotopic (exact) mass is 477 g/mol. The van der Waals surface area contributed by atoms with Gasteiger partial charge in [-0.15, -0.1) is 0 Å². The van der Waals surface area contributed by atoms with Crippen LogP contribution in [0.15, 0.2) is 24.3 Å². The maximum atomic E-state index is 13.2. The number of hydrogen-bond donors (Lipinski definition) is 1. The van der Waals surface area contributed by atoms with Crippen LogP contribution in [0.1, 0.15) is 47.1 Å². The molecule has 4 rings (SSSR count). The Kier molecular flexibility index (Phi) is 6.09. The quantitative estimate of drug-likeness (QED) is 0.498. The van der Waals surface area contributed by atoms with Crippen molar-refractivity contribution in [3.63, 3.8) is 0 Å². The van der Waals surface area contributed by atoms with Crippen molar-refractivity contribution < 1.29 is 19.1 Å². The Morgan fingerprint density at radius 1 is 1.25 bits per heavy atom. The number of carbonyl (C=O) groups is 3. The Bertz CT molecular complexity index is 1110. The Labute approximate surface area is 196 Å². The topological polar surface area (TPSA) is 80.6 Å². The van der Waals surface area contributed by atoms with E-state index < -0.39 is 17.5 Å². The van der Waals surface area contributed by atoms with Crippen LogP contribution < -0.4 is 5.32 Å². The third kappa shape index (κ3) is 3.93. The maximum absolute atomic E-state index is 13.2. The molecule has 0 aliphatic carbocycles. The summed E-state index contributed by atoms with van der Waals surface area (Å²) in [6, 6.07) is 5.89. The lowest BCUT2D eigenvalue weighted by Crippen LogP contribution is -2.41.